The Kier molecular flexibility index (Phi) is 6.23. The van der Waals surface area contributed by atoms with Crippen LogP contribution in [0.3, 0.4) is 0 Å². The largest absolute Gasteiger partial charge is 0.489 e. The zero-order chi connectivity index (χ0) is 23.3. The molecule has 166 valence electrons. The van der Waals surface area contributed by atoms with Crippen LogP contribution in [0.15, 0.2) is 108 Å². The molecule has 0 aliphatic heterocycles. The fraction of sp³-hybridized carbons (Fsp3) is 0.0345. The summed E-state index contributed by atoms with van der Waals surface area (Å²) in [7, 11) is 0. The van der Waals surface area contributed by atoms with Crippen LogP contribution < -0.4 is 10.2 Å². The first kappa shape index (κ1) is 21.7. The third-order valence-electron chi connectivity index (χ3n) is 5.61. The maximum absolute atomic E-state index is 12.6. The normalized spacial score (nSPS) is 11.2. The molecule has 5 rings (SSSR count). The molecule has 0 saturated heterocycles. The summed E-state index contributed by atoms with van der Waals surface area (Å²) in [5.41, 5.74) is 5.12. The Morgan fingerprint density at radius 2 is 1.44 bits per heavy atom. The van der Waals surface area contributed by atoms with Crippen LogP contribution in [-0.4, -0.2) is 12.1 Å². The summed E-state index contributed by atoms with van der Waals surface area (Å²) in [6, 6.07) is 33.0. The van der Waals surface area contributed by atoms with E-state index in [-0.39, 0.29) is 5.91 Å². The molecule has 0 aliphatic rings. The van der Waals surface area contributed by atoms with Gasteiger partial charge in [-0.1, -0.05) is 72.3 Å². The van der Waals surface area contributed by atoms with Crippen molar-refractivity contribution in [2.45, 2.75) is 6.61 Å². The van der Waals surface area contributed by atoms with E-state index in [1.54, 1.807) is 30.5 Å². The maximum atomic E-state index is 12.6. The fourth-order valence-electron chi connectivity index (χ4n) is 3.86. The summed E-state index contributed by atoms with van der Waals surface area (Å²) >= 11 is 5.91. The highest BCUT2D eigenvalue weighted by Crippen LogP contribution is 2.27. The summed E-state index contributed by atoms with van der Waals surface area (Å²) in [6.45, 7) is 0.423. The van der Waals surface area contributed by atoms with Crippen LogP contribution in [0.4, 0.5) is 0 Å². The number of nitrogens with one attached hydrogen (secondary N) is 1. The molecule has 0 spiro atoms. The molecule has 0 unspecified atom stereocenters. The first-order valence-corrected chi connectivity index (χ1v) is 11.3. The topological polar surface area (TPSA) is 50.7 Å². The van der Waals surface area contributed by atoms with Gasteiger partial charge >= 0.3 is 0 Å². The van der Waals surface area contributed by atoms with Crippen molar-refractivity contribution in [3.05, 3.63) is 125 Å². The molecule has 0 saturated carbocycles. The van der Waals surface area contributed by atoms with E-state index in [1.165, 1.54) is 0 Å². The lowest BCUT2D eigenvalue weighted by molar-refractivity contribution is 0.0955. The number of carbonyl (C=O) groups excluding carboxylic acids is 1. The highest BCUT2D eigenvalue weighted by molar-refractivity contribution is 6.30. The van der Waals surface area contributed by atoms with Crippen LogP contribution in [0.1, 0.15) is 21.5 Å². The van der Waals surface area contributed by atoms with Gasteiger partial charge in [0.15, 0.2) is 0 Å². The van der Waals surface area contributed by atoms with Gasteiger partial charge in [0.05, 0.1) is 6.21 Å². The predicted molar refractivity (Wildman–Crippen MR) is 139 cm³/mol. The second-order valence-corrected chi connectivity index (χ2v) is 8.31. The molecule has 1 amide bonds. The SMILES string of the molecule is O=C(N/N=C\c1c2ccccc2cc2ccccc12)c1ccc(OCc2ccc(Cl)cc2)cc1. The van der Waals surface area contributed by atoms with Gasteiger partial charge in [-0.25, -0.2) is 5.43 Å². The van der Waals surface area contributed by atoms with Crippen LogP contribution in [-0.2, 0) is 6.61 Å². The number of hydrogen-bond donors (Lipinski definition) is 1. The number of carbonyl (C=O) groups is 1. The van der Waals surface area contributed by atoms with Gasteiger partial charge in [0.25, 0.3) is 5.91 Å². The number of nitrogens with zero attached hydrogens (tertiary/aromatic N) is 1. The minimum Gasteiger partial charge on any atom is -0.489 e. The van der Waals surface area contributed by atoms with Gasteiger partial charge in [0.2, 0.25) is 0 Å². The molecule has 0 fully saturated rings. The Bertz CT molecular complexity index is 1440. The van der Waals surface area contributed by atoms with Gasteiger partial charge in [0, 0.05) is 16.1 Å². The van der Waals surface area contributed by atoms with Crippen molar-refractivity contribution in [3.63, 3.8) is 0 Å². The standard InChI is InChI=1S/C29H21ClN2O2/c30-24-13-9-20(10-14-24)19-34-25-15-11-21(12-16-25)29(33)32-31-18-28-26-7-3-1-5-22(26)17-23-6-2-4-8-27(23)28/h1-18H,19H2,(H,32,33)/b31-18-. The monoisotopic (exact) mass is 464 g/mol. The maximum Gasteiger partial charge on any atom is 0.271 e. The van der Waals surface area contributed by atoms with Crippen molar-refractivity contribution in [1.29, 1.82) is 0 Å². The minimum atomic E-state index is -0.287. The van der Waals surface area contributed by atoms with Crippen LogP contribution >= 0.6 is 11.6 Å². The highest BCUT2D eigenvalue weighted by Gasteiger charge is 2.07. The first-order chi connectivity index (χ1) is 16.7. The molecule has 0 heterocycles. The van der Waals surface area contributed by atoms with Crippen molar-refractivity contribution < 1.29 is 9.53 Å². The minimum absolute atomic E-state index is 0.287. The molecular weight excluding hydrogens is 444 g/mol. The van der Waals surface area contributed by atoms with Crippen molar-refractivity contribution in [1.82, 2.24) is 5.43 Å². The lowest BCUT2D eigenvalue weighted by Gasteiger charge is -2.08. The zero-order valence-corrected chi connectivity index (χ0v) is 19.0. The summed E-state index contributed by atoms with van der Waals surface area (Å²) in [5.74, 6) is 0.391. The molecular formula is C29H21ClN2O2. The number of fused-ring (bicyclic) bond motifs is 2. The van der Waals surface area contributed by atoms with Gasteiger partial charge in [-0.15, -0.1) is 0 Å². The molecule has 0 radical (unpaired) electrons. The van der Waals surface area contributed by atoms with Crippen LogP contribution in [0.2, 0.25) is 5.02 Å². The molecule has 0 bridgehead atoms. The number of hydrogen-bond acceptors (Lipinski definition) is 3. The average Bonchev–Trinajstić information content (AvgIpc) is 2.88. The molecule has 0 aliphatic carbocycles. The number of rotatable bonds is 6. The van der Waals surface area contributed by atoms with Crippen molar-refractivity contribution >= 4 is 45.3 Å². The molecule has 0 atom stereocenters. The summed E-state index contributed by atoms with van der Waals surface area (Å²) in [6.07, 6.45) is 1.71. The molecule has 5 heteroatoms. The number of hydrazone groups is 1. The quantitative estimate of drug-likeness (QED) is 0.167. The molecule has 0 aromatic heterocycles. The van der Waals surface area contributed by atoms with Crippen LogP contribution in [0.25, 0.3) is 21.5 Å². The summed E-state index contributed by atoms with van der Waals surface area (Å²) in [4.78, 5) is 12.6. The van der Waals surface area contributed by atoms with E-state index in [1.807, 2.05) is 48.5 Å². The predicted octanol–water partition coefficient (Wildman–Crippen LogP) is 6.99. The summed E-state index contributed by atoms with van der Waals surface area (Å²) in [5, 5.41) is 9.37. The Balaban J connectivity index is 1.28. The second-order valence-electron chi connectivity index (χ2n) is 7.87. The molecule has 5 aromatic carbocycles. The van der Waals surface area contributed by atoms with Gasteiger partial charge in [-0.3, -0.25) is 4.79 Å². The van der Waals surface area contributed by atoms with E-state index in [2.05, 4.69) is 40.9 Å². The Hall–Kier alpha value is -4.15. The van der Waals surface area contributed by atoms with Crippen molar-refractivity contribution in [2.75, 3.05) is 0 Å². The van der Waals surface area contributed by atoms with Crippen LogP contribution in [0, 0.1) is 0 Å². The number of amides is 1. The summed E-state index contributed by atoms with van der Waals surface area (Å²) < 4.78 is 5.78. The number of benzene rings is 5. The van der Waals surface area contributed by atoms with E-state index in [0.29, 0.717) is 22.9 Å². The third-order valence-corrected chi connectivity index (χ3v) is 5.86. The van der Waals surface area contributed by atoms with Gasteiger partial charge in [-0.05, 0) is 69.6 Å². The molecule has 1 N–H and O–H groups in total. The molecule has 4 nitrogen and oxygen atoms in total. The van der Waals surface area contributed by atoms with Gasteiger partial charge in [0.1, 0.15) is 12.4 Å². The van der Waals surface area contributed by atoms with E-state index >= 15 is 0 Å². The Morgan fingerprint density at radius 3 is 2.09 bits per heavy atom. The van der Waals surface area contributed by atoms with E-state index in [0.717, 1.165) is 32.7 Å². The first-order valence-electron chi connectivity index (χ1n) is 10.9. The zero-order valence-electron chi connectivity index (χ0n) is 18.2. The van der Waals surface area contributed by atoms with Crippen molar-refractivity contribution in [2.24, 2.45) is 5.10 Å². The van der Waals surface area contributed by atoms with E-state index in [9.17, 15) is 4.79 Å². The second kappa shape index (κ2) is 9.77. The molecule has 5 aromatic rings. The fourth-order valence-corrected chi connectivity index (χ4v) is 3.98. The Morgan fingerprint density at radius 1 is 0.824 bits per heavy atom. The van der Waals surface area contributed by atoms with Crippen molar-refractivity contribution in [3.8, 4) is 5.75 Å². The van der Waals surface area contributed by atoms with Gasteiger partial charge < -0.3 is 4.74 Å². The average molecular weight is 465 g/mol. The lowest BCUT2D eigenvalue weighted by atomic mass is 9.97. The lowest BCUT2D eigenvalue weighted by Crippen LogP contribution is -2.17. The third kappa shape index (κ3) is 4.77. The van der Waals surface area contributed by atoms with E-state index < -0.39 is 0 Å². The molecule has 34 heavy (non-hydrogen) atoms. The highest BCUT2D eigenvalue weighted by atomic mass is 35.5. The number of ether oxygens (including phenoxy) is 1. The Labute approximate surface area is 202 Å². The van der Waals surface area contributed by atoms with E-state index in [4.69, 9.17) is 16.3 Å². The smallest absolute Gasteiger partial charge is 0.271 e. The number of halogens is 1. The van der Waals surface area contributed by atoms with Gasteiger partial charge in [-0.2, -0.15) is 5.10 Å². The van der Waals surface area contributed by atoms with Crippen LogP contribution in [0.5, 0.6) is 5.75 Å².